The van der Waals surface area contributed by atoms with Crippen molar-refractivity contribution in [2.75, 3.05) is 0 Å². The molecular formula is C24H17OTi. The molecule has 4 aromatic carbocycles. The van der Waals surface area contributed by atoms with Crippen LogP contribution in [0.1, 0.15) is 0 Å². The molecular weight excluding hydrogens is 352 g/mol. The Labute approximate surface area is 166 Å². The van der Waals surface area contributed by atoms with E-state index in [-0.39, 0.29) is 0 Å². The zero-order chi connectivity index (χ0) is 17.8. The summed E-state index contributed by atoms with van der Waals surface area (Å²) in [6, 6.07) is 35.7. The molecule has 0 aromatic heterocycles. The summed E-state index contributed by atoms with van der Waals surface area (Å²) in [6.07, 6.45) is 0. The third-order valence-corrected chi connectivity index (χ3v) is 4.79. The molecule has 0 fully saturated rings. The summed E-state index contributed by atoms with van der Waals surface area (Å²) < 4.78 is 5.88. The summed E-state index contributed by atoms with van der Waals surface area (Å²) >= 11 is 1.75. The Morgan fingerprint density at radius 3 is 1.23 bits per heavy atom. The molecule has 0 aliphatic rings. The van der Waals surface area contributed by atoms with E-state index in [1.54, 1.807) is 20.8 Å². The van der Waals surface area contributed by atoms with Gasteiger partial charge in [-0.25, -0.2) is 0 Å². The van der Waals surface area contributed by atoms with E-state index in [9.17, 15) is 0 Å². The zero-order valence-electron chi connectivity index (χ0n) is 14.2. The Morgan fingerprint density at radius 1 is 0.462 bits per heavy atom. The molecule has 0 amide bonds. The molecule has 0 N–H and O–H groups in total. The van der Waals surface area contributed by atoms with Gasteiger partial charge in [-0.2, -0.15) is 0 Å². The molecule has 4 rings (SSSR count). The molecule has 0 aliphatic carbocycles. The number of benzene rings is 4. The maximum atomic E-state index is 5.88. The average Bonchev–Trinajstić information content (AvgIpc) is 2.74. The first-order valence-electron chi connectivity index (χ1n) is 8.54. The summed E-state index contributed by atoms with van der Waals surface area (Å²) in [7, 11) is 0. The van der Waals surface area contributed by atoms with Gasteiger partial charge in [-0.05, 0) is 0 Å². The molecule has 2 heteroatoms. The monoisotopic (exact) mass is 369 g/mol. The Morgan fingerprint density at radius 2 is 0.846 bits per heavy atom. The van der Waals surface area contributed by atoms with E-state index >= 15 is 0 Å². The fourth-order valence-corrected chi connectivity index (χ4v) is 3.54. The third-order valence-electron chi connectivity index (χ3n) is 4.47. The van der Waals surface area contributed by atoms with Crippen molar-refractivity contribution in [1.82, 2.24) is 0 Å². The molecule has 0 saturated carbocycles. The molecule has 0 atom stereocenters. The number of hydrogen-bond donors (Lipinski definition) is 0. The van der Waals surface area contributed by atoms with Gasteiger partial charge in [-0.15, -0.1) is 0 Å². The Hall–Kier alpha value is -2.61. The van der Waals surface area contributed by atoms with Gasteiger partial charge >= 0.3 is 166 Å². The van der Waals surface area contributed by atoms with Gasteiger partial charge in [0.05, 0.1) is 0 Å². The first-order valence-corrected chi connectivity index (χ1v) is 9.18. The first-order chi connectivity index (χ1) is 12.9. The van der Waals surface area contributed by atoms with Crippen molar-refractivity contribution >= 4 is 0 Å². The molecule has 0 spiro atoms. The summed E-state index contributed by atoms with van der Waals surface area (Å²) in [4.78, 5) is 0. The average molecular weight is 369 g/mol. The van der Waals surface area contributed by atoms with E-state index in [2.05, 4.69) is 84.9 Å². The van der Waals surface area contributed by atoms with E-state index < -0.39 is 0 Å². The van der Waals surface area contributed by atoms with Crippen molar-refractivity contribution in [3.05, 3.63) is 103 Å². The normalized spacial score (nSPS) is 10.4. The van der Waals surface area contributed by atoms with Crippen LogP contribution in [0.15, 0.2) is 103 Å². The molecule has 0 bridgehead atoms. The quantitative estimate of drug-likeness (QED) is 0.372. The van der Waals surface area contributed by atoms with E-state index in [0.717, 1.165) is 28.0 Å². The second-order valence-corrected chi connectivity index (χ2v) is 6.42. The zero-order valence-corrected chi connectivity index (χ0v) is 15.8. The predicted octanol–water partition coefficient (Wildman–Crippen LogP) is 6.53. The third kappa shape index (κ3) is 3.37. The van der Waals surface area contributed by atoms with Gasteiger partial charge in [0.1, 0.15) is 0 Å². The number of hydrogen-bond acceptors (Lipinski definition) is 1. The van der Waals surface area contributed by atoms with Crippen molar-refractivity contribution in [3.63, 3.8) is 0 Å². The van der Waals surface area contributed by atoms with Crippen molar-refractivity contribution in [2.45, 2.75) is 0 Å². The summed E-state index contributed by atoms with van der Waals surface area (Å²) in [5.74, 6) is 0.905. The first kappa shape index (κ1) is 16.8. The van der Waals surface area contributed by atoms with Crippen LogP contribution < -0.4 is 3.32 Å². The van der Waals surface area contributed by atoms with E-state index in [1.165, 1.54) is 11.1 Å². The van der Waals surface area contributed by atoms with Crippen molar-refractivity contribution in [2.24, 2.45) is 0 Å². The van der Waals surface area contributed by atoms with Gasteiger partial charge in [0.15, 0.2) is 0 Å². The molecule has 0 unspecified atom stereocenters. The fourth-order valence-electron chi connectivity index (χ4n) is 3.20. The standard InChI is InChI=1S/C24H18O.Ti/c25-24-22(19-12-6-2-7-13-19)16-21(18-10-4-1-5-11-18)17-23(24)20-14-8-3-9-15-20;/h1-17,25H;/q;+1/p-1. The summed E-state index contributed by atoms with van der Waals surface area (Å²) in [5, 5.41) is 0. The van der Waals surface area contributed by atoms with Gasteiger partial charge < -0.3 is 0 Å². The van der Waals surface area contributed by atoms with Crippen molar-refractivity contribution in [1.29, 1.82) is 0 Å². The van der Waals surface area contributed by atoms with E-state index in [1.807, 2.05) is 18.2 Å². The summed E-state index contributed by atoms with van der Waals surface area (Å²) in [5.41, 5.74) is 6.90. The molecule has 0 heterocycles. The molecule has 0 aliphatic heterocycles. The van der Waals surface area contributed by atoms with E-state index in [4.69, 9.17) is 3.32 Å². The van der Waals surface area contributed by atoms with Gasteiger partial charge in [0, 0.05) is 0 Å². The second kappa shape index (κ2) is 7.74. The molecule has 0 saturated heterocycles. The predicted molar refractivity (Wildman–Crippen MR) is 103 cm³/mol. The van der Waals surface area contributed by atoms with Gasteiger partial charge in [0.25, 0.3) is 0 Å². The van der Waals surface area contributed by atoms with Crippen LogP contribution in [0, 0.1) is 0 Å². The van der Waals surface area contributed by atoms with Crippen LogP contribution in [0.4, 0.5) is 0 Å². The fraction of sp³-hybridized carbons (Fsp3) is 0. The van der Waals surface area contributed by atoms with Crippen LogP contribution in [0.2, 0.25) is 0 Å². The minimum atomic E-state index is 0.905. The SMILES string of the molecule is [Ti][O]c1c(-c2ccccc2)cc(-c2ccccc2)cc1-c1ccccc1. The molecule has 26 heavy (non-hydrogen) atoms. The van der Waals surface area contributed by atoms with E-state index in [0.29, 0.717) is 0 Å². The van der Waals surface area contributed by atoms with Crippen LogP contribution in [0.25, 0.3) is 33.4 Å². The van der Waals surface area contributed by atoms with Gasteiger partial charge in [-0.3, -0.25) is 0 Å². The molecule has 4 aromatic rings. The van der Waals surface area contributed by atoms with Crippen LogP contribution in [0.3, 0.4) is 0 Å². The molecule has 123 valence electrons. The maximum absolute atomic E-state index is 5.88. The Bertz CT molecular complexity index is 936. The van der Waals surface area contributed by atoms with Crippen LogP contribution in [0.5, 0.6) is 5.75 Å². The summed E-state index contributed by atoms with van der Waals surface area (Å²) in [6.45, 7) is 0. The Balaban J connectivity index is 2.01. The van der Waals surface area contributed by atoms with Gasteiger partial charge in [-0.1, -0.05) is 0 Å². The Kier molecular flexibility index (Phi) is 5.01. The van der Waals surface area contributed by atoms with Crippen LogP contribution in [-0.4, -0.2) is 0 Å². The molecule has 1 nitrogen and oxygen atoms in total. The molecule has 0 radical (unpaired) electrons. The van der Waals surface area contributed by atoms with Crippen molar-refractivity contribution in [3.8, 4) is 39.1 Å². The van der Waals surface area contributed by atoms with Crippen LogP contribution in [-0.2, 0) is 20.8 Å². The second-order valence-electron chi connectivity index (χ2n) is 6.10. The van der Waals surface area contributed by atoms with Crippen LogP contribution >= 0.6 is 0 Å². The number of rotatable bonds is 4. The van der Waals surface area contributed by atoms with Gasteiger partial charge in [0.2, 0.25) is 0 Å². The topological polar surface area (TPSA) is 9.23 Å². The van der Waals surface area contributed by atoms with Crippen molar-refractivity contribution < 1.29 is 24.1 Å². The minimum absolute atomic E-state index is 0.905.